The van der Waals surface area contributed by atoms with Gasteiger partial charge in [0.2, 0.25) is 11.8 Å². The van der Waals surface area contributed by atoms with Crippen LogP contribution in [0.2, 0.25) is 0 Å². The first-order valence-corrected chi connectivity index (χ1v) is 21.5. The van der Waals surface area contributed by atoms with Gasteiger partial charge in [-0.05, 0) is 104 Å². The lowest BCUT2D eigenvalue weighted by Gasteiger charge is -2.33. The monoisotopic (exact) mass is 818 g/mol. The van der Waals surface area contributed by atoms with E-state index >= 15 is 0 Å². The number of rotatable bonds is 8. The number of imidazole rings is 2. The van der Waals surface area contributed by atoms with E-state index in [9.17, 15) is 19.2 Å². The predicted molar refractivity (Wildman–Crippen MR) is 224 cm³/mol. The van der Waals surface area contributed by atoms with Crippen LogP contribution in [0.5, 0.6) is 0 Å². The second-order valence-corrected chi connectivity index (χ2v) is 17.5. The van der Waals surface area contributed by atoms with Crippen molar-refractivity contribution in [1.82, 2.24) is 40.4 Å². The summed E-state index contributed by atoms with van der Waals surface area (Å²) in [5.41, 5.74) is 6.11. The molecule has 2 saturated heterocycles. The standard InChI is InChI=1S/C46H58N8O6/c1-28(2)38(51-44(57)59-5)42(55)53-22-10-12-36(53)40-47-26-32(49-40)18-16-30-14-15-31(35-25-46(24-34(30)35)20-8-7-9-21-46)17-19-33-27-48-41(50-33)37-13-11-23-54(37)43(56)39(29(3)4)52-45(58)60-6/h14-15,26-29,36-39H,7-13,20-25H2,1-6H3,(H,47,49)(H,48,50)(H,51,57)(H,52,58)/t36-,37?,38-,39-/m0/s1. The average Bonchev–Trinajstić information content (AvgIpc) is 4.09. The minimum absolute atomic E-state index is 0.115. The number of benzene rings is 1. The lowest BCUT2D eigenvalue weighted by molar-refractivity contribution is -0.136. The lowest BCUT2D eigenvalue weighted by Crippen LogP contribution is -2.51. The Kier molecular flexibility index (Phi) is 12.9. The molecule has 0 radical (unpaired) electrons. The van der Waals surface area contributed by atoms with Crippen molar-refractivity contribution in [1.29, 1.82) is 0 Å². The number of H-pyrrole nitrogens is 2. The molecular weight excluding hydrogens is 761 g/mol. The highest BCUT2D eigenvalue weighted by Crippen LogP contribution is 2.49. The number of hydrogen-bond donors (Lipinski definition) is 4. The average molecular weight is 819 g/mol. The van der Waals surface area contributed by atoms with Crippen LogP contribution in [0.3, 0.4) is 0 Å². The summed E-state index contributed by atoms with van der Waals surface area (Å²) in [7, 11) is 2.58. The maximum Gasteiger partial charge on any atom is 0.407 e. The molecule has 0 bridgehead atoms. The molecular formula is C46H58N8O6. The van der Waals surface area contributed by atoms with Gasteiger partial charge in [0.1, 0.15) is 35.1 Å². The smallest absolute Gasteiger partial charge is 0.407 e. The van der Waals surface area contributed by atoms with Crippen LogP contribution in [-0.2, 0) is 31.9 Å². The number of alkyl carbamates (subject to hydrolysis) is 2. The summed E-state index contributed by atoms with van der Waals surface area (Å²) < 4.78 is 9.56. The number of carbonyl (C=O) groups is 4. The Bertz CT molecular complexity index is 2060. The third-order valence-electron chi connectivity index (χ3n) is 12.8. The van der Waals surface area contributed by atoms with Gasteiger partial charge in [-0.25, -0.2) is 19.6 Å². The molecule has 1 unspecified atom stereocenters. The Morgan fingerprint density at radius 1 is 0.683 bits per heavy atom. The van der Waals surface area contributed by atoms with Gasteiger partial charge in [-0.15, -0.1) is 0 Å². The lowest BCUT2D eigenvalue weighted by atomic mass is 9.72. The molecule has 14 heteroatoms. The normalized spacial score (nSPS) is 20.2. The van der Waals surface area contributed by atoms with Gasteiger partial charge in [0, 0.05) is 24.2 Å². The molecule has 4 atom stereocenters. The molecule has 3 fully saturated rings. The fourth-order valence-corrected chi connectivity index (χ4v) is 9.59. The molecule has 1 saturated carbocycles. The number of amides is 4. The number of nitrogens with zero attached hydrogens (tertiary/aromatic N) is 4. The number of carbonyl (C=O) groups excluding carboxylic acids is 4. The van der Waals surface area contributed by atoms with E-state index in [0.717, 1.165) is 49.7 Å². The summed E-state index contributed by atoms with van der Waals surface area (Å²) in [6, 6.07) is 2.29. The maximum absolute atomic E-state index is 13.6. The number of fused-ring (bicyclic) bond motifs is 1. The van der Waals surface area contributed by atoms with Gasteiger partial charge in [0.05, 0.1) is 38.7 Å². The minimum atomic E-state index is -0.701. The number of aromatic nitrogens is 4. The van der Waals surface area contributed by atoms with Crippen LogP contribution in [0, 0.1) is 40.9 Å². The molecule has 1 spiro atoms. The Labute approximate surface area is 352 Å². The number of hydrogen-bond acceptors (Lipinski definition) is 8. The molecule has 4 amide bonds. The van der Waals surface area contributed by atoms with Gasteiger partial charge < -0.3 is 39.9 Å². The largest absolute Gasteiger partial charge is 0.453 e. The van der Waals surface area contributed by atoms with Gasteiger partial charge in [0.25, 0.3) is 0 Å². The highest BCUT2D eigenvalue weighted by atomic mass is 16.5. The zero-order valence-corrected chi connectivity index (χ0v) is 35.7. The van der Waals surface area contributed by atoms with Crippen LogP contribution in [0.25, 0.3) is 0 Å². The van der Waals surface area contributed by atoms with Gasteiger partial charge in [-0.1, -0.05) is 58.8 Å². The molecule has 2 aromatic heterocycles. The van der Waals surface area contributed by atoms with E-state index in [1.54, 1.807) is 22.2 Å². The zero-order valence-electron chi connectivity index (χ0n) is 35.7. The molecule has 4 heterocycles. The van der Waals surface area contributed by atoms with E-state index in [1.165, 1.54) is 57.5 Å². The minimum Gasteiger partial charge on any atom is -0.453 e. The van der Waals surface area contributed by atoms with Crippen LogP contribution in [0.4, 0.5) is 9.59 Å². The van der Waals surface area contributed by atoms with Crippen molar-refractivity contribution in [3.05, 3.63) is 69.8 Å². The Morgan fingerprint density at radius 3 is 1.52 bits per heavy atom. The van der Waals surface area contributed by atoms with Crippen molar-refractivity contribution < 1.29 is 28.7 Å². The molecule has 3 aromatic rings. The van der Waals surface area contributed by atoms with E-state index in [4.69, 9.17) is 9.47 Å². The van der Waals surface area contributed by atoms with Crippen molar-refractivity contribution in [3.8, 4) is 23.7 Å². The molecule has 2 aliphatic carbocycles. The number of nitrogens with one attached hydrogen (secondary N) is 4. The molecule has 318 valence electrons. The molecule has 4 N–H and O–H groups in total. The van der Waals surface area contributed by atoms with Crippen LogP contribution in [0.1, 0.15) is 143 Å². The van der Waals surface area contributed by atoms with Gasteiger partial charge in [-0.3, -0.25) is 9.59 Å². The van der Waals surface area contributed by atoms with Crippen molar-refractivity contribution in [2.75, 3.05) is 27.3 Å². The Morgan fingerprint density at radius 2 is 1.12 bits per heavy atom. The van der Waals surface area contributed by atoms with Crippen molar-refractivity contribution >= 4 is 24.0 Å². The number of likely N-dealkylation sites (tertiary alicyclic amines) is 2. The fourth-order valence-electron chi connectivity index (χ4n) is 9.59. The van der Waals surface area contributed by atoms with E-state index in [2.05, 4.69) is 66.4 Å². The zero-order chi connectivity index (χ0) is 42.6. The highest BCUT2D eigenvalue weighted by Gasteiger charge is 2.41. The van der Waals surface area contributed by atoms with E-state index in [1.807, 2.05) is 27.7 Å². The van der Waals surface area contributed by atoms with Crippen molar-refractivity contribution in [2.24, 2.45) is 17.3 Å². The first kappa shape index (κ1) is 42.4. The topological polar surface area (TPSA) is 175 Å². The first-order valence-electron chi connectivity index (χ1n) is 21.5. The molecule has 2 aliphatic heterocycles. The molecule has 7 rings (SSSR count). The number of ether oxygens (including phenoxy) is 2. The van der Waals surface area contributed by atoms with Crippen LogP contribution < -0.4 is 10.6 Å². The summed E-state index contributed by atoms with van der Waals surface area (Å²) in [5, 5.41) is 5.41. The fraction of sp³-hybridized carbons (Fsp3) is 0.565. The number of aromatic amines is 2. The number of methoxy groups -OCH3 is 2. The van der Waals surface area contributed by atoms with Gasteiger partial charge in [-0.2, -0.15) is 0 Å². The summed E-state index contributed by atoms with van der Waals surface area (Å²) in [6.07, 6.45) is 13.5. The summed E-state index contributed by atoms with van der Waals surface area (Å²) in [4.78, 5) is 71.0. The first-order chi connectivity index (χ1) is 28.9. The van der Waals surface area contributed by atoms with Crippen LogP contribution >= 0.6 is 0 Å². The Hall–Kier alpha value is -5.76. The summed E-state index contributed by atoms with van der Waals surface area (Å²) in [6.45, 7) is 8.77. The summed E-state index contributed by atoms with van der Waals surface area (Å²) >= 11 is 0. The molecule has 1 aromatic carbocycles. The van der Waals surface area contributed by atoms with Gasteiger partial charge >= 0.3 is 12.2 Å². The molecule has 14 nitrogen and oxygen atoms in total. The highest BCUT2D eigenvalue weighted by molar-refractivity contribution is 5.87. The molecule has 4 aliphatic rings. The third kappa shape index (κ3) is 9.03. The van der Waals surface area contributed by atoms with Crippen LogP contribution in [0.15, 0.2) is 24.5 Å². The van der Waals surface area contributed by atoms with Crippen molar-refractivity contribution in [2.45, 2.75) is 122 Å². The maximum atomic E-state index is 13.6. The second kappa shape index (κ2) is 18.2. The molecule has 60 heavy (non-hydrogen) atoms. The third-order valence-corrected chi connectivity index (χ3v) is 12.8. The predicted octanol–water partition coefficient (Wildman–Crippen LogP) is 6.07. The summed E-state index contributed by atoms with van der Waals surface area (Å²) in [5.74, 6) is 14.5. The van der Waals surface area contributed by atoms with Gasteiger partial charge in [0.15, 0.2) is 0 Å². The van der Waals surface area contributed by atoms with E-state index in [-0.39, 0.29) is 41.1 Å². The SMILES string of the molecule is COC(=O)N[C@H](C(=O)N1CCCC1c1ncc(C#Cc2ccc(C#Cc3cnc([C@@H]4CCCN4C(=O)[C@@H](NC(=O)OC)C(C)C)[nH]3)c3c2CC2(CCCCC2)C3)[nH]1)C(C)C. The van der Waals surface area contributed by atoms with E-state index < -0.39 is 24.3 Å². The van der Waals surface area contributed by atoms with Crippen LogP contribution in [-0.4, -0.2) is 93.1 Å². The quantitative estimate of drug-likeness (QED) is 0.198. The van der Waals surface area contributed by atoms with E-state index in [0.29, 0.717) is 36.1 Å². The van der Waals surface area contributed by atoms with Crippen molar-refractivity contribution in [3.63, 3.8) is 0 Å². The second-order valence-electron chi connectivity index (χ2n) is 17.5. The Balaban J connectivity index is 1.10.